The van der Waals surface area contributed by atoms with E-state index in [1.54, 1.807) is 17.7 Å². The molecule has 1 aliphatic heterocycles. The van der Waals surface area contributed by atoms with Gasteiger partial charge in [-0.1, -0.05) is 13.3 Å². The molecule has 1 saturated heterocycles. The van der Waals surface area contributed by atoms with Gasteiger partial charge in [0.25, 0.3) is 5.56 Å². The predicted molar refractivity (Wildman–Crippen MR) is 109 cm³/mol. The summed E-state index contributed by atoms with van der Waals surface area (Å²) in [6, 6.07) is -0.190. The highest BCUT2D eigenvalue weighted by atomic mass is 16.5. The van der Waals surface area contributed by atoms with Gasteiger partial charge in [-0.25, -0.2) is 4.98 Å². The van der Waals surface area contributed by atoms with Gasteiger partial charge in [-0.15, -0.1) is 0 Å². The first-order chi connectivity index (χ1) is 13.9. The largest absolute Gasteiger partial charge is 0.389 e. The van der Waals surface area contributed by atoms with E-state index >= 15 is 0 Å². The van der Waals surface area contributed by atoms with E-state index in [1.807, 2.05) is 0 Å². The highest BCUT2D eigenvalue weighted by Crippen LogP contribution is 2.36. The van der Waals surface area contributed by atoms with Crippen LogP contribution in [0.2, 0.25) is 0 Å². The van der Waals surface area contributed by atoms with E-state index < -0.39 is 6.10 Å². The van der Waals surface area contributed by atoms with Gasteiger partial charge in [0, 0.05) is 24.2 Å². The number of aliphatic hydroxyl groups is 1. The topological polar surface area (TPSA) is 106 Å². The molecule has 1 saturated carbocycles. The molecule has 2 aromatic rings. The average molecular weight is 400 g/mol. The Morgan fingerprint density at radius 3 is 2.79 bits per heavy atom. The summed E-state index contributed by atoms with van der Waals surface area (Å²) in [6.45, 7) is 6.19. The zero-order chi connectivity index (χ0) is 20.7. The summed E-state index contributed by atoms with van der Waals surface area (Å²) >= 11 is 0. The number of hydrogen-bond donors (Lipinski definition) is 2. The molecule has 0 unspecified atom stereocenters. The number of nitrogens with one attached hydrogen (secondary N) is 1. The number of nitrogens with zero attached hydrogens (tertiary/aromatic N) is 3. The molecule has 4 rings (SSSR count). The Bertz CT molecular complexity index is 1000. The van der Waals surface area contributed by atoms with E-state index in [0.29, 0.717) is 41.5 Å². The number of fused-ring (bicyclic) bond motifs is 1. The molecule has 4 atom stereocenters. The summed E-state index contributed by atoms with van der Waals surface area (Å²) in [7, 11) is 0. The van der Waals surface area contributed by atoms with Crippen molar-refractivity contribution < 1.29 is 14.6 Å². The standard InChI is InChI=1S/C21H28N4O4/c1-11-5-4-6-16(11)25-19-14(12(2)18(13(3)26)20(25)28)9-22-21(24-19)23-15-7-8-29-10-17(15)27/h9,11,15-17,27H,4-8,10H2,1-3H3,(H,22,23,24)/t11-,15-,16-,17-/m1/s1. The van der Waals surface area contributed by atoms with Crippen molar-refractivity contribution in [3.05, 3.63) is 27.7 Å². The van der Waals surface area contributed by atoms with Crippen LogP contribution in [0.5, 0.6) is 0 Å². The first-order valence-electron chi connectivity index (χ1n) is 10.3. The molecule has 2 N–H and O–H groups in total. The zero-order valence-corrected chi connectivity index (χ0v) is 17.1. The van der Waals surface area contributed by atoms with E-state index in [2.05, 4.69) is 22.2 Å². The third-order valence-corrected chi connectivity index (χ3v) is 6.35. The highest BCUT2D eigenvalue weighted by molar-refractivity contribution is 5.99. The molecule has 8 nitrogen and oxygen atoms in total. The van der Waals surface area contributed by atoms with Gasteiger partial charge in [0.05, 0.1) is 24.3 Å². The third kappa shape index (κ3) is 3.55. The SMILES string of the molecule is CC(=O)c1c(C)c2cnc(N[C@@H]3CCOC[C@H]3O)nc2n([C@@H]2CCC[C@H]2C)c1=O. The second-order valence-electron chi connectivity index (χ2n) is 8.32. The summed E-state index contributed by atoms with van der Waals surface area (Å²) in [6.07, 6.45) is 4.68. The lowest BCUT2D eigenvalue weighted by Crippen LogP contribution is -2.42. The van der Waals surface area contributed by atoms with Crippen molar-refractivity contribution in [3.63, 3.8) is 0 Å². The minimum absolute atomic E-state index is 0.0140. The number of ketones is 1. The maximum Gasteiger partial charge on any atom is 0.263 e. The summed E-state index contributed by atoms with van der Waals surface area (Å²) in [4.78, 5) is 34.7. The number of anilines is 1. The molecule has 2 aromatic heterocycles. The van der Waals surface area contributed by atoms with Gasteiger partial charge < -0.3 is 15.2 Å². The minimum Gasteiger partial charge on any atom is -0.389 e. The van der Waals surface area contributed by atoms with E-state index in [4.69, 9.17) is 4.74 Å². The van der Waals surface area contributed by atoms with Crippen molar-refractivity contribution in [2.45, 2.75) is 64.6 Å². The molecule has 0 amide bonds. The van der Waals surface area contributed by atoms with E-state index in [1.165, 1.54) is 6.92 Å². The number of aliphatic hydroxyl groups excluding tert-OH is 1. The number of aryl methyl sites for hydroxylation is 1. The number of ether oxygens (including phenoxy) is 1. The number of aromatic nitrogens is 3. The van der Waals surface area contributed by atoms with Crippen LogP contribution >= 0.6 is 0 Å². The Kier molecular flexibility index (Phi) is 5.40. The minimum atomic E-state index is -0.637. The fourth-order valence-electron chi connectivity index (χ4n) is 4.69. The van der Waals surface area contributed by atoms with Crippen LogP contribution in [0.25, 0.3) is 11.0 Å². The first kappa shape index (κ1) is 20.0. The number of hydrogen-bond acceptors (Lipinski definition) is 7. The molecular formula is C21H28N4O4. The number of Topliss-reactive ketones (excluding diaryl/α,β-unsaturated/α-hetero) is 1. The summed E-state index contributed by atoms with van der Waals surface area (Å²) in [5, 5.41) is 14.1. The van der Waals surface area contributed by atoms with Crippen molar-refractivity contribution in [3.8, 4) is 0 Å². The van der Waals surface area contributed by atoms with Crippen LogP contribution < -0.4 is 10.9 Å². The normalized spacial score (nSPS) is 27.3. The highest BCUT2D eigenvalue weighted by Gasteiger charge is 2.31. The number of pyridine rings is 1. The molecule has 0 aromatic carbocycles. The Hall–Kier alpha value is -2.32. The van der Waals surface area contributed by atoms with Crippen LogP contribution in [0.3, 0.4) is 0 Å². The molecule has 1 aliphatic carbocycles. The number of carbonyl (C=O) groups is 1. The second kappa shape index (κ2) is 7.84. The van der Waals surface area contributed by atoms with E-state index in [0.717, 1.165) is 19.3 Å². The Morgan fingerprint density at radius 2 is 2.14 bits per heavy atom. The molecule has 156 valence electrons. The maximum absolute atomic E-state index is 13.3. The van der Waals surface area contributed by atoms with Crippen LogP contribution in [-0.4, -0.2) is 50.8 Å². The number of carbonyl (C=O) groups excluding carboxylic acids is 1. The molecule has 0 bridgehead atoms. The molecule has 3 heterocycles. The smallest absolute Gasteiger partial charge is 0.263 e. The van der Waals surface area contributed by atoms with Crippen molar-refractivity contribution in [1.82, 2.24) is 14.5 Å². The van der Waals surface area contributed by atoms with Gasteiger partial charge >= 0.3 is 0 Å². The van der Waals surface area contributed by atoms with Crippen molar-refractivity contribution >= 4 is 22.8 Å². The fraction of sp³-hybridized carbons (Fsp3) is 0.619. The lowest BCUT2D eigenvalue weighted by Gasteiger charge is -2.28. The summed E-state index contributed by atoms with van der Waals surface area (Å²) in [5.74, 6) is 0.473. The van der Waals surface area contributed by atoms with Gasteiger partial charge in [-0.2, -0.15) is 4.98 Å². The summed E-state index contributed by atoms with van der Waals surface area (Å²) in [5.41, 5.74) is 1.13. The van der Waals surface area contributed by atoms with Crippen LogP contribution in [0.15, 0.2) is 11.0 Å². The monoisotopic (exact) mass is 400 g/mol. The first-order valence-corrected chi connectivity index (χ1v) is 10.3. The lowest BCUT2D eigenvalue weighted by molar-refractivity contribution is -0.0136. The molecule has 0 radical (unpaired) electrons. The van der Waals surface area contributed by atoms with Crippen LogP contribution in [0, 0.1) is 12.8 Å². The van der Waals surface area contributed by atoms with Gasteiger partial charge in [-0.05, 0) is 44.6 Å². The molecule has 8 heteroatoms. The van der Waals surface area contributed by atoms with Gasteiger partial charge in [0.15, 0.2) is 5.78 Å². The molecule has 29 heavy (non-hydrogen) atoms. The molecular weight excluding hydrogens is 372 g/mol. The maximum atomic E-state index is 13.3. The molecule has 0 spiro atoms. The van der Waals surface area contributed by atoms with E-state index in [-0.39, 0.29) is 35.6 Å². The third-order valence-electron chi connectivity index (χ3n) is 6.35. The number of rotatable bonds is 4. The van der Waals surface area contributed by atoms with E-state index in [9.17, 15) is 14.7 Å². The Labute approximate surface area is 169 Å². The lowest BCUT2D eigenvalue weighted by atomic mass is 10.0. The average Bonchev–Trinajstić information content (AvgIpc) is 3.09. The quantitative estimate of drug-likeness (QED) is 0.758. The summed E-state index contributed by atoms with van der Waals surface area (Å²) < 4.78 is 6.99. The van der Waals surface area contributed by atoms with Gasteiger partial charge in [0.1, 0.15) is 5.65 Å². The van der Waals surface area contributed by atoms with Crippen molar-refractivity contribution in [1.29, 1.82) is 0 Å². The Balaban J connectivity index is 1.86. The predicted octanol–water partition coefficient (Wildman–Crippen LogP) is 2.23. The van der Waals surface area contributed by atoms with Crippen molar-refractivity contribution in [2.24, 2.45) is 5.92 Å². The van der Waals surface area contributed by atoms with Crippen LogP contribution in [-0.2, 0) is 4.74 Å². The van der Waals surface area contributed by atoms with Crippen molar-refractivity contribution in [2.75, 3.05) is 18.5 Å². The van der Waals surface area contributed by atoms with Gasteiger partial charge in [0.2, 0.25) is 5.95 Å². The second-order valence-corrected chi connectivity index (χ2v) is 8.32. The molecule has 2 aliphatic rings. The zero-order valence-electron chi connectivity index (χ0n) is 17.1. The fourth-order valence-corrected chi connectivity index (χ4v) is 4.69. The van der Waals surface area contributed by atoms with Gasteiger partial charge in [-0.3, -0.25) is 14.2 Å². The van der Waals surface area contributed by atoms with Crippen LogP contribution in [0.1, 0.15) is 61.5 Å². The Morgan fingerprint density at radius 1 is 1.34 bits per heavy atom. The van der Waals surface area contributed by atoms with Crippen LogP contribution in [0.4, 0.5) is 5.95 Å². The molecule has 2 fully saturated rings.